The van der Waals surface area contributed by atoms with Gasteiger partial charge in [0.15, 0.2) is 0 Å². The van der Waals surface area contributed by atoms with Gasteiger partial charge in [-0.2, -0.15) is 0 Å². The number of piperidine rings is 1. The highest BCUT2D eigenvalue weighted by Gasteiger charge is 2.28. The Hall–Kier alpha value is -2.48. The number of fused-ring (bicyclic) bond motifs is 1. The maximum Gasteiger partial charge on any atom is 0.263 e. The summed E-state index contributed by atoms with van der Waals surface area (Å²) in [6.07, 6.45) is 2.94. The fraction of sp³-hybridized carbons (Fsp3) is 0.444. The zero-order valence-corrected chi connectivity index (χ0v) is 15.9. The number of carbonyl (C=O) groups excluding carboxylic acids is 3. The van der Waals surface area contributed by atoms with E-state index < -0.39 is 0 Å². The summed E-state index contributed by atoms with van der Waals surface area (Å²) in [6.45, 7) is 3.73. The average molecular weight is 374 g/mol. The minimum atomic E-state index is -0.263. The number of likely N-dealkylation sites (tertiary alicyclic amines) is 1. The summed E-state index contributed by atoms with van der Waals surface area (Å²) in [5.74, 6) is -0.456. The molecule has 26 heavy (non-hydrogen) atoms. The molecule has 0 spiro atoms. The largest absolute Gasteiger partial charge is 0.354 e. The highest BCUT2D eigenvalue weighted by atomic mass is 32.1. The van der Waals surface area contributed by atoms with E-state index in [2.05, 4.69) is 10.6 Å². The van der Waals surface area contributed by atoms with Crippen molar-refractivity contribution in [2.24, 2.45) is 0 Å². The molecule has 1 saturated heterocycles. The van der Waals surface area contributed by atoms with Gasteiger partial charge in [-0.05, 0) is 31.4 Å². The number of aromatic nitrogens is 1. The third-order valence-electron chi connectivity index (χ3n) is 4.56. The number of thiophene rings is 1. The fourth-order valence-corrected chi connectivity index (χ4v) is 4.45. The first kappa shape index (κ1) is 18.3. The molecule has 3 rings (SSSR count). The zero-order valence-electron chi connectivity index (χ0n) is 15.1. The number of rotatable bonds is 3. The van der Waals surface area contributed by atoms with E-state index in [9.17, 15) is 14.4 Å². The molecule has 0 radical (unpaired) electrons. The Bertz CT molecular complexity index is 877. The van der Waals surface area contributed by atoms with Crippen LogP contribution in [0, 0.1) is 0 Å². The highest BCUT2D eigenvalue weighted by Crippen LogP contribution is 2.37. The van der Waals surface area contributed by atoms with Gasteiger partial charge in [-0.15, -0.1) is 11.3 Å². The summed E-state index contributed by atoms with van der Waals surface area (Å²) >= 11 is 1.25. The van der Waals surface area contributed by atoms with Gasteiger partial charge in [-0.3, -0.25) is 14.4 Å². The van der Waals surface area contributed by atoms with Crippen molar-refractivity contribution >= 4 is 45.0 Å². The zero-order chi connectivity index (χ0) is 18.8. The van der Waals surface area contributed by atoms with Gasteiger partial charge in [-0.1, -0.05) is 0 Å². The molecule has 2 N–H and O–H groups in total. The molecule has 3 heterocycles. The maximum absolute atomic E-state index is 12.2. The van der Waals surface area contributed by atoms with Crippen LogP contribution in [0.5, 0.6) is 0 Å². The SMILES string of the molecule is CNC(=O)c1sc2nc([C@H]3CCCCN3C(C)=O)ccc2c1NC(C)=O. The number of nitrogens with one attached hydrogen (secondary N) is 2. The summed E-state index contributed by atoms with van der Waals surface area (Å²) in [4.78, 5) is 43.4. The Morgan fingerprint density at radius 2 is 2.00 bits per heavy atom. The molecule has 2 aromatic heterocycles. The van der Waals surface area contributed by atoms with Crippen LogP contribution in [0.3, 0.4) is 0 Å². The normalized spacial score (nSPS) is 17.2. The molecule has 0 bridgehead atoms. The van der Waals surface area contributed by atoms with E-state index in [0.717, 1.165) is 36.9 Å². The molecule has 1 aliphatic rings. The second-order valence-corrected chi connectivity index (χ2v) is 7.38. The van der Waals surface area contributed by atoms with Gasteiger partial charge in [0.05, 0.1) is 17.4 Å². The number of carbonyl (C=O) groups is 3. The van der Waals surface area contributed by atoms with Crippen molar-refractivity contribution in [3.63, 3.8) is 0 Å². The van der Waals surface area contributed by atoms with E-state index in [1.165, 1.54) is 18.3 Å². The number of nitrogens with zero attached hydrogens (tertiary/aromatic N) is 2. The molecule has 138 valence electrons. The quantitative estimate of drug-likeness (QED) is 0.864. The van der Waals surface area contributed by atoms with E-state index in [1.54, 1.807) is 14.0 Å². The number of hydrogen-bond acceptors (Lipinski definition) is 5. The molecule has 0 aliphatic carbocycles. The lowest BCUT2D eigenvalue weighted by atomic mass is 9.98. The van der Waals surface area contributed by atoms with Crippen molar-refractivity contribution in [2.75, 3.05) is 18.9 Å². The van der Waals surface area contributed by atoms with Gasteiger partial charge in [-0.25, -0.2) is 4.98 Å². The van der Waals surface area contributed by atoms with Crippen molar-refractivity contribution < 1.29 is 14.4 Å². The van der Waals surface area contributed by atoms with E-state index in [4.69, 9.17) is 4.98 Å². The third-order valence-corrected chi connectivity index (χ3v) is 5.66. The van der Waals surface area contributed by atoms with E-state index in [0.29, 0.717) is 15.4 Å². The van der Waals surface area contributed by atoms with Crippen LogP contribution < -0.4 is 10.6 Å². The number of pyridine rings is 1. The molecule has 1 aliphatic heterocycles. The molecule has 0 saturated carbocycles. The molecule has 1 fully saturated rings. The Kier molecular flexibility index (Phi) is 5.22. The number of anilines is 1. The van der Waals surface area contributed by atoms with E-state index in [1.807, 2.05) is 17.0 Å². The Morgan fingerprint density at radius 3 is 2.65 bits per heavy atom. The standard InChI is InChI=1S/C18H22N4O3S/c1-10(23)20-15-12-7-8-13(14-6-4-5-9-22(14)11(2)24)21-18(12)26-16(15)17(25)19-3/h7-8,14H,4-6,9H2,1-3H3,(H,19,25)(H,20,23)/t14-/m1/s1. The van der Waals surface area contributed by atoms with E-state index >= 15 is 0 Å². The van der Waals surface area contributed by atoms with Crippen LogP contribution in [0.15, 0.2) is 12.1 Å². The van der Waals surface area contributed by atoms with Crippen LogP contribution in [-0.4, -0.2) is 41.2 Å². The van der Waals surface area contributed by atoms with Crippen LogP contribution in [0.2, 0.25) is 0 Å². The third kappa shape index (κ3) is 3.41. The molecule has 8 heteroatoms. The summed E-state index contributed by atoms with van der Waals surface area (Å²) in [6, 6.07) is 3.72. The van der Waals surface area contributed by atoms with Crippen LogP contribution in [0.1, 0.15) is 54.5 Å². The molecule has 1 atom stereocenters. The van der Waals surface area contributed by atoms with Gasteiger partial charge in [0, 0.05) is 32.8 Å². The van der Waals surface area contributed by atoms with Crippen molar-refractivity contribution in [2.45, 2.75) is 39.2 Å². The predicted octanol–water partition coefficient (Wildman–Crippen LogP) is 2.69. The summed E-state index contributed by atoms with van der Waals surface area (Å²) in [7, 11) is 1.55. The second kappa shape index (κ2) is 7.41. The summed E-state index contributed by atoms with van der Waals surface area (Å²) < 4.78 is 0. The predicted molar refractivity (Wildman–Crippen MR) is 101 cm³/mol. The molecule has 0 unspecified atom stereocenters. The minimum absolute atomic E-state index is 0.0413. The van der Waals surface area contributed by atoms with Gasteiger partial charge >= 0.3 is 0 Å². The smallest absolute Gasteiger partial charge is 0.263 e. The lowest BCUT2D eigenvalue weighted by molar-refractivity contribution is -0.132. The molecule has 7 nitrogen and oxygen atoms in total. The van der Waals surface area contributed by atoms with Crippen molar-refractivity contribution in [3.8, 4) is 0 Å². The molecular weight excluding hydrogens is 352 g/mol. The van der Waals surface area contributed by atoms with Crippen molar-refractivity contribution in [3.05, 3.63) is 22.7 Å². The van der Waals surface area contributed by atoms with E-state index in [-0.39, 0.29) is 23.8 Å². The Balaban J connectivity index is 2.07. The highest BCUT2D eigenvalue weighted by molar-refractivity contribution is 7.21. The molecule has 3 amide bonds. The number of hydrogen-bond donors (Lipinski definition) is 2. The second-order valence-electron chi connectivity index (χ2n) is 6.38. The van der Waals surface area contributed by atoms with Gasteiger partial charge in [0.2, 0.25) is 11.8 Å². The lowest BCUT2D eigenvalue weighted by Crippen LogP contribution is -2.37. The Morgan fingerprint density at radius 1 is 1.23 bits per heavy atom. The van der Waals surface area contributed by atoms with Gasteiger partial charge in [0.1, 0.15) is 9.71 Å². The molecule has 0 aromatic carbocycles. The first-order valence-electron chi connectivity index (χ1n) is 8.62. The fourth-order valence-electron chi connectivity index (χ4n) is 3.37. The van der Waals surface area contributed by atoms with Crippen LogP contribution in [0.25, 0.3) is 10.2 Å². The van der Waals surface area contributed by atoms with Crippen molar-refractivity contribution in [1.82, 2.24) is 15.2 Å². The topological polar surface area (TPSA) is 91.4 Å². The van der Waals surface area contributed by atoms with Crippen molar-refractivity contribution in [1.29, 1.82) is 0 Å². The van der Waals surface area contributed by atoms with Crippen LogP contribution >= 0.6 is 11.3 Å². The Labute approximate surface area is 155 Å². The minimum Gasteiger partial charge on any atom is -0.354 e. The number of amides is 3. The van der Waals surface area contributed by atoms with Crippen LogP contribution in [0.4, 0.5) is 5.69 Å². The molecular formula is C18H22N4O3S. The lowest BCUT2D eigenvalue weighted by Gasteiger charge is -2.34. The first-order valence-corrected chi connectivity index (χ1v) is 9.44. The average Bonchev–Trinajstić information content (AvgIpc) is 2.98. The monoisotopic (exact) mass is 374 g/mol. The summed E-state index contributed by atoms with van der Waals surface area (Å²) in [5, 5.41) is 6.07. The maximum atomic E-state index is 12.2. The summed E-state index contributed by atoms with van der Waals surface area (Å²) in [5.41, 5.74) is 1.31. The van der Waals surface area contributed by atoms with Gasteiger partial charge < -0.3 is 15.5 Å². The van der Waals surface area contributed by atoms with Crippen LogP contribution in [-0.2, 0) is 9.59 Å². The molecule has 2 aromatic rings. The van der Waals surface area contributed by atoms with Gasteiger partial charge in [0.25, 0.3) is 5.91 Å². The first-order chi connectivity index (χ1) is 12.4.